The summed E-state index contributed by atoms with van der Waals surface area (Å²) in [5, 5.41) is 17.7. The van der Waals surface area contributed by atoms with E-state index in [1.165, 1.54) is 4.90 Å². The summed E-state index contributed by atoms with van der Waals surface area (Å²) in [7, 11) is 0. The molecule has 2 rings (SSSR count). The summed E-state index contributed by atoms with van der Waals surface area (Å²) in [6.07, 6.45) is 3.94. The van der Waals surface area contributed by atoms with Crippen LogP contribution in [0.2, 0.25) is 0 Å². The molecular weight excluding hydrogens is 282 g/mol. The van der Waals surface area contributed by atoms with Gasteiger partial charge in [-0.15, -0.1) is 0 Å². The fourth-order valence-electron chi connectivity index (χ4n) is 2.75. The normalized spacial score (nSPS) is 15.3. The van der Waals surface area contributed by atoms with Crippen LogP contribution < -0.4 is 0 Å². The Balaban J connectivity index is 1.74. The van der Waals surface area contributed by atoms with Gasteiger partial charge in [-0.3, -0.25) is 4.79 Å². The van der Waals surface area contributed by atoms with Crippen LogP contribution in [0, 0.1) is 17.2 Å². The number of carboxylic acid groups (broad SMARTS) is 1. The molecule has 0 bridgehead atoms. The zero-order valence-corrected chi connectivity index (χ0v) is 12.4. The van der Waals surface area contributed by atoms with E-state index in [4.69, 9.17) is 10.4 Å². The number of nitrogens with zero attached hydrogens (tertiary/aromatic N) is 3. The molecular formula is C16H19N3O3. The Morgan fingerprint density at radius 3 is 2.77 bits per heavy atom. The zero-order chi connectivity index (χ0) is 15.9. The van der Waals surface area contributed by atoms with Crippen LogP contribution in [0.25, 0.3) is 0 Å². The monoisotopic (exact) mass is 301 g/mol. The SMILES string of the molecule is N#Cc1cc(CCCC(=O)C2CCN(C(=O)O)CC2)ccn1. The van der Waals surface area contributed by atoms with Gasteiger partial charge < -0.3 is 10.0 Å². The first-order valence-corrected chi connectivity index (χ1v) is 7.45. The standard InChI is InChI=1S/C16H19N3O3/c17-11-14-10-12(4-7-18-14)2-1-3-15(20)13-5-8-19(9-6-13)16(21)22/h4,7,10,13H,1-3,5-6,8-9H2,(H,21,22). The number of hydrogen-bond acceptors (Lipinski definition) is 4. The molecule has 1 amide bonds. The lowest BCUT2D eigenvalue weighted by Gasteiger charge is -2.29. The highest BCUT2D eigenvalue weighted by Gasteiger charge is 2.26. The second kappa shape index (κ2) is 7.55. The van der Waals surface area contributed by atoms with Crippen LogP contribution in [0.1, 0.15) is 36.9 Å². The fourth-order valence-corrected chi connectivity index (χ4v) is 2.75. The summed E-state index contributed by atoms with van der Waals surface area (Å²) < 4.78 is 0. The topological polar surface area (TPSA) is 94.3 Å². The third-order valence-electron chi connectivity index (χ3n) is 4.05. The number of amides is 1. The molecule has 2 heterocycles. The van der Waals surface area contributed by atoms with E-state index in [0.29, 0.717) is 38.0 Å². The lowest BCUT2D eigenvalue weighted by atomic mass is 9.90. The van der Waals surface area contributed by atoms with Crippen LogP contribution in [0.15, 0.2) is 18.3 Å². The van der Waals surface area contributed by atoms with E-state index < -0.39 is 6.09 Å². The number of hydrogen-bond donors (Lipinski definition) is 1. The van der Waals surface area contributed by atoms with E-state index in [1.807, 2.05) is 12.1 Å². The minimum atomic E-state index is -0.906. The van der Waals surface area contributed by atoms with E-state index in [1.54, 1.807) is 12.3 Å². The highest BCUT2D eigenvalue weighted by atomic mass is 16.4. The predicted octanol–water partition coefficient (Wildman–Crippen LogP) is 2.24. The van der Waals surface area contributed by atoms with Gasteiger partial charge in [0.15, 0.2) is 0 Å². The van der Waals surface area contributed by atoms with Crippen molar-refractivity contribution in [3.63, 3.8) is 0 Å². The van der Waals surface area contributed by atoms with Gasteiger partial charge in [-0.1, -0.05) is 0 Å². The molecule has 0 unspecified atom stereocenters. The second-order valence-electron chi connectivity index (χ2n) is 5.52. The van der Waals surface area contributed by atoms with Crippen LogP contribution >= 0.6 is 0 Å². The number of piperidine rings is 1. The van der Waals surface area contributed by atoms with Crippen molar-refractivity contribution < 1.29 is 14.7 Å². The molecule has 1 N–H and O–H groups in total. The molecule has 0 radical (unpaired) electrons. The Kier molecular flexibility index (Phi) is 5.48. The summed E-state index contributed by atoms with van der Waals surface area (Å²) in [4.78, 5) is 28.3. The van der Waals surface area contributed by atoms with Crippen LogP contribution in [0.5, 0.6) is 0 Å². The quantitative estimate of drug-likeness (QED) is 0.900. The predicted molar refractivity (Wildman–Crippen MR) is 79.2 cm³/mol. The fraction of sp³-hybridized carbons (Fsp3) is 0.500. The van der Waals surface area contributed by atoms with Crippen molar-refractivity contribution in [1.29, 1.82) is 5.26 Å². The molecule has 1 aromatic rings. The number of aromatic nitrogens is 1. The number of Topliss-reactive ketones (excluding diaryl/α,β-unsaturated/α-hetero) is 1. The van der Waals surface area contributed by atoms with Gasteiger partial charge in [0.1, 0.15) is 17.5 Å². The Hall–Kier alpha value is -2.42. The van der Waals surface area contributed by atoms with Crippen LogP contribution in [-0.2, 0) is 11.2 Å². The third kappa shape index (κ3) is 4.29. The Labute approximate surface area is 129 Å². The van der Waals surface area contributed by atoms with Gasteiger partial charge in [0, 0.05) is 31.6 Å². The van der Waals surface area contributed by atoms with E-state index in [-0.39, 0.29) is 11.7 Å². The molecule has 6 heteroatoms. The van der Waals surface area contributed by atoms with Crippen molar-refractivity contribution >= 4 is 11.9 Å². The molecule has 1 aliphatic heterocycles. The average Bonchev–Trinajstić information content (AvgIpc) is 2.55. The molecule has 22 heavy (non-hydrogen) atoms. The number of nitriles is 1. The number of ketones is 1. The van der Waals surface area contributed by atoms with E-state index in [0.717, 1.165) is 18.4 Å². The lowest BCUT2D eigenvalue weighted by molar-refractivity contribution is -0.124. The third-order valence-corrected chi connectivity index (χ3v) is 4.05. The molecule has 1 saturated heterocycles. The second-order valence-corrected chi connectivity index (χ2v) is 5.52. The van der Waals surface area contributed by atoms with Gasteiger partial charge in [-0.2, -0.15) is 5.26 Å². The first-order valence-electron chi connectivity index (χ1n) is 7.45. The van der Waals surface area contributed by atoms with Gasteiger partial charge in [0.25, 0.3) is 0 Å². The van der Waals surface area contributed by atoms with Crippen molar-refractivity contribution in [3.05, 3.63) is 29.6 Å². The zero-order valence-electron chi connectivity index (χ0n) is 12.4. The van der Waals surface area contributed by atoms with E-state index in [2.05, 4.69) is 4.98 Å². The van der Waals surface area contributed by atoms with Gasteiger partial charge in [0.05, 0.1) is 0 Å². The maximum absolute atomic E-state index is 12.2. The molecule has 116 valence electrons. The summed E-state index contributed by atoms with van der Waals surface area (Å²) >= 11 is 0. The molecule has 0 atom stereocenters. The van der Waals surface area contributed by atoms with E-state index in [9.17, 15) is 9.59 Å². The lowest BCUT2D eigenvalue weighted by Crippen LogP contribution is -2.39. The smallest absolute Gasteiger partial charge is 0.407 e. The highest BCUT2D eigenvalue weighted by Crippen LogP contribution is 2.20. The Bertz CT molecular complexity index is 587. The largest absolute Gasteiger partial charge is 0.465 e. The summed E-state index contributed by atoms with van der Waals surface area (Å²) in [5.74, 6) is 0.210. The van der Waals surface area contributed by atoms with Gasteiger partial charge in [-0.05, 0) is 43.4 Å². The molecule has 0 spiro atoms. The van der Waals surface area contributed by atoms with Crippen molar-refractivity contribution in [2.75, 3.05) is 13.1 Å². The van der Waals surface area contributed by atoms with Gasteiger partial charge in [0.2, 0.25) is 0 Å². The van der Waals surface area contributed by atoms with Crippen LogP contribution in [0.3, 0.4) is 0 Å². The van der Waals surface area contributed by atoms with Crippen LogP contribution in [0.4, 0.5) is 4.79 Å². The number of likely N-dealkylation sites (tertiary alicyclic amines) is 1. The molecule has 0 aromatic carbocycles. The molecule has 1 aliphatic rings. The van der Waals surface area contributed by atoms with Gasteiger partial charge >= 0.3 is 6.09 Å². The van der Waals surface area contributed by atoms with Crippen LogP contribution in [-0.4, -0.2) is 40.0 Å². The minimum Gasteiger partial charge on any atom is -0.465 e. The molecule has 1 fully saturated rings. The van der Waals surface area contributed by atoms with Crippen molar-refractivity contribution in [3.8, 4) is 6.07 Å². The number of pyridine rings is 1. The summed E-state index contributed by atoms with van der Waals surface area (Å²) in [6, 6.07) is 5.60. The summed E-state index contributed by atoms with van der Waals surface area (Å²) in [5.41, 5.74) is 1.41. The number of aryl methyl sites for hydroxylation is 1. The highest BCUT2D eigenvalue weighted by molar-refractivity contribution is 5.81. The first kappa shape index (κ1) is 16.0. The molecule has 0 saturated carbocycles. The number of carbonyl (C=O) groups excluding carboxylic acids is 1. The first-order chi connectivity index (χ1) is 10.6. The maximum atomic E-state index is 12.2. The Morgan fingerprint density at radius 1 is 1.41 bits per heavy atom. The molecule has 1 aromatic heterocycles. The maximum Gasteiger partial charge on any atom is 0.407 e. The average molecular weight is 301 g/mol. The summed E-state index contributed by atoms with van der Waals surface area (Å²) in [6.45, 7) is 0.892. The molecule has 6 nitrogen and oxygen atoms in total. The van der Waals surface area contributed by atoms with Gasteiger partial charge in [-0.25, -0.2) is 9.78 Å². The number of carbonyl (C=O) groups is 2. The van der Waals surface area contributed by atoms with E-state index >= 15 is 0 Å². The molecule has 0 aliphatic carbocycles. The minimum absolute atomic E-state index is 0.0114. The number of rotatable bonds is 5. The van der Waals surface area contributed by atoms with Crippen molar-refractivity contribution in [1.82, 2.24) is 9.88 Å². The Morgan fingerprint density at radius 2 is 2.14 bits per heavy atom. The van der Waals surface area contributed by atoms with Crippen molar-refractivity contribution in [2.24, 2.45) is 5.92 Å². The van der Waals surface area contributed by atoms with Crippen molar-refractivity contribution in [2.45, 2.75) is 32.1 Å².